The van der Waals surface area contributed by atoms with Gasteiger partial charge in [-0.3, -0.25) is 10.1 Å². The van der Waals surface area contributed by atoms with Gasteiger partial charge in [0, 0.05) is 18.3 Å². The first-order valence-corrected chi connectivity index (χ1v) is 5.85. The van der Waals surface area contributed by atoms with Crippen LogP contribution in [0.2, 0.25) is 0 Å². The summed E-state index contributed by atoms with van der Waals surface area (Å²) in [5.74, 6) is 0. The Hall–Kier alpha value is -2.52. The maximum atomic E-state index is 10.5. The highest BCUT2D eigenvalue weighted by Crippen LogP contribution is 2.25. The summed E-state index contributed by atoms with van der Waals surface area (Å²) in [6.45, 7) is 0. The second-order valence-corrected chi connectivity index (χ2v) is 4.25. The van der Waals surface area contributed by atoms with Gasteiger partial charge in [0.2, 0.25) is 0 Å². The number of benzene rings is 1. The molecule has 0 saturated heterocycles. The van der Waals surface area contributed by atoms with Crippen molar-refractivity contribution in [1.82, 2.24) is 0 Å². The molecule has 5 nitrogen and oxygen atoms in total. The van der Waals surface area contributed by atoms with Crippen LogP contribution in [0, 0.1) is 21.4 Å². The molecule has 0 radical (unpaired) electrons. The number of hydrogen-bond donors (Lipinski definition) is 0. The van der Waals surface area contributed by atoms with Crippen molar-refractivity contribution in [3.05, 3.63) is 57.0 Å². The van der Waals surface area contributed by atoms with E-state index in [2.05, 4.69) is 4.99 Å². The van der Waals surface area contributed by atoms with E-state index in [1.807, 2.05) is 6.07 Å². The highest BCUT2D eigenvalue weighted by molar-refractivity contribution is 7.14. The zero-order valence-electron chi connectivity index (χ0n) is 9.11. The van der Waals surface area contributed by atoms with Crippen LogP contribution < -0.4 is 0 Å². The molecule has 0 N–H and O–H groups in total. The molecular formula is C12H7N3O2S. The fourth-order valence-electron chi connectivity index (χ4n) is 1.30. The minimum absolute atomic E-state index is 0.0426. The van der Waals surface area contributed by atoms with Crippen LogP contribution in [0.15, 0.2) is 40.7 Å². The first kappa shape index (κ1) is 12.0. The third-order valence-corrected chi connectivity index (χ3v) is 3.02. The van der Waals surface area contributed by atoms with Gasteiger partial charge in [-0.1, -0.05) is 0 Å². The van der Waals surface area contributed by atoms with Crippen LogP contribution in [0.1, 0.15) is 11.1 Å². The summed E-state index contributed by atoms with van der Waals surface area (Å²) < 4.78 is 0. The fourth-order valence-corrected chi connectivity index (χ4v) is 1.99. The van der Waals surface area contributed by atoms with Gasteiger partial charge >= 0.3 is 0 Å². The van der Waals surface area contributed by atoms with Crippen LogP contribution in [0.25, 0.3) is 0 Å². The van der Waals surface area contributed by atoms with E-state index in [0.717, 1.165) is 5.56 Å². The molecule has 2 rings (SSSR count). The van der Waals surface area contributed by atoms with E-state index in [4.69, 9.17) is 5.26 Å². The van der Waals surface area contributed by atoms with E-state index in [0.29, 0.717) is 10.6 Å². The maximum Gasteiger partial charge on any atom is 0.269 e. The number of non-ortho nitro benzene ring substituents is 1. The average Bonchev–Trinajstić information content (AvgIpc) is 2.84. The quantitative estimate of drug-likeness (QED) is 0.480. The molecule has 0 aliphatic rings. The number of nitro benzene ring substituents is 1. The lowest BCUT2D eigenvalue weighted by molar-refractivity contribution is -0.384. The van der Waals surface area contributed by atoms with Gasteiger partial charge in [-0.25, -0.2) is 4.99 Å². The van der Waals surface area contributed by atoms with E-state index in [9.17, 15) is 10.1 Å². The number of thiophene rings is 1. The van der Waals surface area contributed by atoms with Crippen molar-refractivity contribution < 1.29 is 4.92 Å². The van der Waals surface area contributed by atoms with Crippen LogP contribution in [0.3, 0.4) is 0 Å². The van der Waals surface area contributed by atoms with E-state index in [1.165, 1.54) is 23.5 Å². The topological polar surface area (TPSA) is 79.3 Å². The molecule has 0 spiro atoms. The molecule has 0 amide bonds. The van der Waals surface area contributed by atoms with Gasteiger partial charge in [-0.2, -0.15) is 5.26 Å². The van der Waals surface area contributed by atoms with E-state index < -0.39 is 4.92 Å². The zero-order chi connectivity index (χ0) is 13.0. The van der Waals surface area contributed by atoms with Crippen LogP contribution in [0.4, 0.5) is 10.7 Å². The highest BCUT2D eigenvalue weighted by atomic mass is 32.1. The van der Waals surface area contributed by atoms with Gasteiger partial charge in [-0.05, 0) is 29.1 Å². The van der Waals surface area contributed by atoms with Crippen molar-refractivity contribution in [2.24, 2.45) is 4.99 Å². The largest absolute Gasteiger partial charge is 0.269 e. The van der Waals surface area contributed by atoms with Crippen LogP contribution in [-0.4, -0.2) is 11.1 Å². The summed E-state index contributed by atoms with van der Waals surface area (Å²) in [4.78, 5) is 14.2. The number of aliphatic imine (C=N–C) groups is 1. The van der Waals surface area contributed by atoms with E-state index >= 15 is 0 Å². The Labute approximate surface area is 107 Å². The Morgan fingerprint density at radius 3 is 2.67 bits per heavy atom. The second-order valence-electron chi connectivity index (χ2n) is 3.36. The smallest absolute Gasteiger partial charge is 0.258 e. The normalized spacial score (nSPS) is 10.4. The molecule has 18 heavy (non-hydrogen) atoms. The van der Waals surface area contributed by atoms with Gasteiger partial charge < -0.3 is 0 Å². The first-order valence-electron chi connectivity index (χ1n) is 4.97. The lowest BCUT2D eigenvalue weighted by atomic mass is 10.2. The molecule has 88 valence electrons. The Balaban J connectivity index is 2.19. The summed E-state index contributed by atoms with van der Waals surface area (Å²) in [7, 11) is 0. The Morgan fingerprint density at radius 2 is 2.06 bits per heavy atom. The number of nitrogens with zero attached hydrogens (tertiary/aromatic N) is 3. The monoisotopic (exact) mass is 257 g/mol. The number of nitriles is 1. The van der Waals surface area contributed by atoms with Gasteiger partial charge in [0.25, 0.3) is 5.69 Å². The van der Waals surface area contributed by atoms with Crippen molar-refractivity contribution in [3.63, 3.8) is 0 Å². The minimum Gasteiger partial charge on any atom is -0.258 e. The predicted octanol–water partition coefficient (Wildman–Crippen LogP) is 3.28. The molecule has 0 aliphatic carbocycles. The summed E-state index contributed by atoms with van der Waals surface area (Å²) in [5, 5.41) is 21.7. The van der Waals surface area contributed by atoms with Gasteiger partial charge in [0.1, 0.15) is 11.1 Å². The molecule has 6 heteroatoms. The van der Waals surface area contributed by atoms with Crippen molar-refractivity contribution in [2.45, 2.75) is 0 Å². The SMILES string of the molecule is N#Cc1ccsc1/N=C/c1ccc([N+](=O)[O-])cc1. The summed E-state index contributed by atoms with van der Waals surface area (Å²) in [6, 6.07) is 9.80. The van der Waals surface area contributed by atoms with Crippen LogP contribution in [-0.2, 0) is 0 Å². The Kier molecular flexibility index (Phi) is 3.46. The zero-order valence-corrected chi connectivity index (χ0v) is 9.92. The second kappa shape index (κ2) is 5.21. The molecule has 1 aromatic carbocycles. The average molecular weight is 257 g/mol. The standard InChI is InChI=1S/C12H7N3O2S/c13-7-10-5-6-18-12(10)14-8-9-1-3-11(4-2-9)15(16)17/h1-6,8H/b14-8+. The van der Waals surface area contributed by atoms with Crippen molar-refractivity contribution in [2.75, 3.05) is 0 Å². The van der Waals surface area contributed by atoms with Crippen molar-refractivity contribution in [1.29, 1.82) is 5.26 Å². The van der Waals surface area contributed by atoms with Gasteiger partial charge in [0.15, 0.2) is 0 Å². The van der Waals surface area contributed by atoms with Gasteiger partial charge in [0.05, 0.1) is 10.5 Å². The summed E-state index contributed by atoms with van der Waals surface area (Å²) >= 11 is 1.37. The number of hydrogen-bond acceptors (Lipinski definition) is 5. The van der Waals surface area contributed by atoms with E-state index in [1.54, 1.807) is 29.8 Å². The predicted molar refractivity (Wildman–Crippen MR) is 69.4 cm³/mol. The van der Waals surface area contributed by atoms with Crippen LogP contribution >= 0.6 is 11.3 Å². The molecule has 0 saturated carbocycles. The molecule has 0 aliphatic heterocycles. The summed E-state index contributed by atoms with van der Waals surface area (Å²) in [6.07, 6.45) is 1.58. The molecule has 0 fully saturated rings. The lowest BCUT2D eigenvalue weighted by Gasteiger charge is -1.93. The number of nitro groups is 1. The van der Waals surface area contributed by atoms with Crippen molar-refractivity contribution >= 4 is 28.2 Å². The molecule has 0 unspecified atom stereocenters. The first-order chi connectivity index (χ1) is 8.70. The molecule has 0 bridgehead atoms. The minimum atomic E-state index is -0.450. The highest BCUT2D eigenvalue weighted by Gasteiger charge is 2.03. The molecule has 2 aromatic rings. The molecular weight excluding hydrogens is 250 g/mol. The number of rotatable bonds is 3. The lowest BCUT2D eigenvalue weighted by Crippen LogP contribution is -1.88. The fraction of sp³-hybridized carbons (Fsp3) is 0. The molecule has 0 atom stereocenters. The Bertz CT molecular complexity index is 638. The molecule has 1 heterocycles. The third-order valence-electron chi connectivity index (χ3n) is 2.20. The van der Waals surface area contributed by atoms with Crippen molar-refractivity contribution in [3.8, 4) is 6.07 Å². The summed E-state index contributed by atoms with van der Waals surface area (Å²) in [5.41, 5.74) is 1.32. The van der Waals surface area contributed by atoms with E-state index in [-0.39, 0.29) is 5.69 Å². The third kappa shape index (κ3) is 2.59. The molecule has 1 aromatic heterocycles. The Morgan fingerprint density at radius 1 is 1.33 bits per heavy atom. The van der Waals surface area contributed by atoms with Gasteiger partial charge in [-0.15, -0.1) is 11.3 Å². The maximum absolute atomic E-state index is 10.5. The van der Waals surface area contributed by atoms with Crippen LogP contribution in [0.5, 0.6) is 0 Å².